The zero-order valence-electron chi connectivity index (χ0n) is 20.9. The molecule has 4 rings (SSSR count). The lowest BCUT2D eigenvalue weighted by molar-refractivity contribution is 0.0697. The molecule has 0 amide bonds. The number of carboxylic acid groups (broad SMARTS) is 1. The molecule has 1 heterocycles. The maximum Gasteiger partial charge on any atom is 0.335 e. The van der Waals surface area contributed by atoms with E-state index in [4.69, 9.17) is 9.84 Å². The number of piperidine rings is 1. The molecule has 1 aliphatic rings. The van der Waals surface area contributed by atoms with Gasteiger partial charge in [-0.05, 0) is 79.5 Å². The molecule has 1 atom stereocenters. The molecule has 6 heteroatoms. The van der Waals surface area contributed by atoms with Crippen LogP contribution in [0.3, 0.4) is 0 Å². The van der Waals surface area contributed by atoms with Gasteiger partial charge in [0.1, 0.15) is 11.6 Å². The summed E-state index contributed by atoms with van der Waals surface area (Å²) in [6.07, 6.45) is 4.41. The van der Waals surface area contributed by atoms with Gasteiger partial charge in [-0.25, -0.2) is 9.18 Å². The Morgan fingerprint density at radius 1 is 0.972 bits per heavy atom. The van der Waals surface area contributed by atoms with Crippen molar-refractivity contribution < 1.29 is 19.0 Å². The highest BCUT2D eigenvalue weighted by molar-refractivity contribution is 5.87. The van der Waals surface area contributed by atoms with Crippen LogP contribution in [0.15, 0.2) is 72.8 Å². The SMILES string of the molecule is CN(Cc1ccc(C(=O)O)cc1)CC1CCCCN1Cc1ccc(OCCc2ccc(F)cc2)cc1. The van der Waals surface area contributed by atoms with E-state index in [0.29, 0.717) is 18.2 Å². The van der Waals surface area contributed by atoms with Crippen LogP contribution in [0.4, 0.5) is 4.39 Å². The minimum Gasteiger partial charge on any atom is -0.493 e. The minimum atomic E-state index is -0.891. The smallest absolute Gasteiger partial charge is 0.335 e. The van der Waals surface area contributed by atoms with Crippen molar-refractivity contribution in [3.63, 3.8) is 0 Å². The van der Waals surface area contributed by atoms with E-state index in [-0.39, 0.29) is 5.82 Å². The molecule has 5 nitrogen and oxygen atoms in total. The molecule has 0 saturated carbocycles. The second-order valence-corrected chi connectivity index (χ2v) is 9.69. The van der Waals surface area contributed by atoms with Crippen molar-refractivity contribution in [3.05, 3.63) is 101 Å². The number of ether oxygens (including phenoxy) is 1. The summed E-state index contributed by atoms with van der Waals surface area (Å²) < 4.78 is 18.9. The largest absolute Gasteiger partial charge is 0.493 e. The van der Waals surface area contributed by atoms with E-state index < -0.39 is 5.97 Å². The number of likely N-dealkylation sites (tertiary alicyclic amines) is 1. The van der Waals surface area contributed by atoms with Crippen LogP contribution in [0.5, 0.6) is 5.75 Å². The van der Waals surface area contributed by atoms with Gasteiger partial charge in [0.05, 0.1) is 12.2 Å². The fraction of sp³-hybridized carbons (Fsp3) is 0.367. The summed E-state index contributed by atoms with van der Waals surface area (Å²) in [6, 6.07) is 22.6. The fourth-order valence-corrected chi connectivity index (χ4v) is 4.83. The summed E-state index contributed by atoms with van der Waals surface area (Å²) in [5.74, 6) is -0.257. The molecular formula is C30H35FN2O3. The quantitative estimate of drug-likeness (QED) is 0.377. The molecule has 0 aliphatic carbocycles. The Kier molecular flexibility index (Phi) is 9.09. The summed E-state index contributed by atoms with van der Waals surface area (Å²) in [6.45, 7) is 4.35. The molecule has 1 unspecified atom stereocenters. The van der Waals surface area contributed by atoms with E-state index >= 15 is 0 Å². The van der Waals surface area contributed by atoms with E-state index in [0.717, 1.165) is 49.5 Å². The standard InChI is InChI=1S/C30H35FN2O3/c1-32(20-24-5-11-26(12-6-24)30(34)35)22-28-4-2-3-18-33(28)21-25-9-15-29(16-10-25)36-19-17-23-7-13-27(31)14-8-23/h5-16,28H,2-4,17-22H2,1H3,(H,34,35). The first-order valence-electron chi connectivity index (χ1n) is 12.7. The zero-order chi connectivity index (χ0) is 25.3. The third-order valence-electron chi connectivity index (χ3n) is 6.81. The number of carboxylic acids is 1. The number of likely N-dealkylation sites (N-methyl/N-ethyl adjacent to an activating group) is 1. The first kappa shape index (κ1) is 25.9. The van der Waals surface area contributed by atoms with Crippen LogP contribution in [-0.4, -0.2) is 53.7 Å². The predicted molar refractivity (Wildman–Crippen MR) is 140 cm³/mol. The van der Waals surface area contributed by atoms with Crippen molar-refractivity contribution in [1.29, 1.82) is 0 Å². The number of halogens is 1. The summed E-state index contributed by atoms with van der Waals surface area (Å²) in [5, 5.41) is 9.09. The van der Waals surface area contributed by atoms with Crippen molar-refractivity contribution in [2.75, 3.05) is 26.7 Å². The molecule has 36 heavy (non-hydrogen) atoms. The van der Waals surface area contributed by atoms with Crippen LogP contribution in [0.1, 0.15) is 46.3 Å². The molecule has 1 N–H and O–H groups in total. The third-order valence-corrected chi connectivity index (χ3v) is 6.81. The lowest BCUT2D eigenvalue weighted by Crippen LogP contribution is -2.45. The molecule has 3 aromatic rings. The highest BCUT2D eigenvalue weighted by atomic mass is 19.1. The van der Waals surface area contributed by atoms with Gasteiger partial charge in [0, 0.05) is 32.1 Å². The Hall–Kier alpha value is -3.22. The van der Waals surface area contributed by atoms with Gasteiger partial charge in [-0.3, -0.25) is 4.90 Å². The normalized spacial score (nSPS) is 16.2. The van der Waals surface area contributed by atoms with Crippen LogP contribution in [-0.2, 0) is 19.5 Å². The summed E-state index contributed by atoms with van der Waals surface area (Å²) in [5.41, 5.74) is 3.79. The second-order valence-electron chi connectivity index (χ2n) is 9.69. The molecule has 190 valence electrons. The molecule has 1 aliphatic heterocycles. The Labute approximate surface area is 213 Å². The molecular weight excluding hydrogens is 455 g/mol. The van der Waals surface area contributed by atoms with Gasteiger partial charge in [-0.2, -0.15) is 0 Å². The zero-order valence-corrected chi connectivity index (χ0v) is 20.9. The lowest BCUT2D eigenvalue weighted by atomic mass is 10.0. The number of nitrogens with zero attached hydrogens (tertiary/aromatic N) is 2. The molecule has 3 aromatic carbocycles. The number of hydrogen-bond acceptors (Lipinski definition) is 4. The first-order chi connectivity index (χ1) is 17.5. The number of hydrogen-bond donors (Lipinski definition) is 1. The van der Waals surface area contributed by atoms with Crippen LogP contribution in [0.2, 0.25) is 0 Å². The molecule has 1 saturated heterocycles. The van der Waals surface area contributed by atoms with Gasteiger partial charge in [-0.1, -0.05) is 42.8 Å². The predicted octanol–water partition coefficient (Wildman–Crippen LogP) is 5.63. The molecule has 0 bridgehead atoms. The summed E-state index contributed by atoms with van der Waals surface area (Å²) in [4.78, 5) is 16.0. The second kappa shape index (κ2) is 12.7. The molecule has 0 radical (unpaired) electrons. The minimum absolute atomic E-state index is 0.217. The van der Waals surface area contributed by atoms with Crippen LogP contribution in [0.25, 0.3) is 0 Å². The van der Waals surface area contributed by atoms with Gasteiger partial charge in [0.2, 0.25) is 0 Å². The summed E-state index contributed by atoms with van der Waals surface area (Å²) >= 11 is 0. The Morgan fingerprint density at radius 2 is 1.64 bits per heavy atom. The van der Waals surface area contributed by atoms with E-state index in [1.54, 1.807) is 24.3 Å². The Balaban J connectivity index is 1.26. The Bertz CT molecular complexity index is 1100. The van der Waals surface area contributed by atoms with E-state index in [1.165, 1.54) is 37.0 Å². The van der Waals surface area contributed by atoms with E-state index in [9.17, 15) is 9.18 Å². The Morgan fingerprint density at radius 3 is 2.33 bits per heavy atom. The lowest BCUT2D eigenvalue weighted by Gasteiger charge is -2.38. The summed E-state index contributed by atoms with van der Waals surface area (Å²) in [7, 11) is 2.13. The van der Waals surface area contributed by atoms with Crippen LogP contribution in [0, 0.1) is 5.82 Å². The van der Waals surface area contributed by atoms with Crippen molar-refractivity contribution >= 4 is 5.97 Å². The molecule has 0 spiro atoms. The maximum absolute atomic E-state index is 13.0. The monoisotopic (exact) mass is 490 g/mol. The van der Waals surface area contributed by atoms with Gasteiger partial charge in [-0.15, -0.1) is 0 Å². The maximum atomic E-state index is 13.0. The van der Waals surface area contributed by atoms with Gasteiger partial charge in [0.15, 0.2) is 0 Å². The average molecular weight is 491 g/mol. The third kappa shape index (κ3) is 7.64. The number of aromatic carboxylic acids is 1. The molecule has 0 aromatic heterocycles. The number of rotatable bonds is 11. The van der Waals surface area contributed by atoms with Crippen LogP contribution < -0.4 is 4.74 Å². The number of benzene rings is 3. The highest BCUT2D eigenvalue weighted by Crippen LogP contribution is 2.22. The van der Waals surface area contributed by atoms with Gasteiger partial charge < -0.3 is 14.7 Å². The topological polar surface area (TPSA) is 53.0 Å². The van der Waals surface area contributed by atoms with Crippen molar-refractivity contribution in [3.8, 4) is 5.75 Å². The van der Waals surface area contributed by atoms with Crippen molar-refractivity contribution in [2.24, 2.45) is 0 Å². The first-order valence-corrected chi connectivity index (χ1v) is 12.7. The van der Waals surface area contributed by atoms with Crippen LogP contribution >= 0.6 is 0 Å². The molecule has 1 fully saturated rings. The highest BCUT2D eigenvalue weighted by Gasteiger charge is 2.23. The number of carbonyl (C=O) groups is 1. The van der Waals surface area contributed by atoms with Crippen molar-refractivity contribution in [1.82, 2.24) is 9.80 Å². The average Bonchev–Trinajstić information content (AvgIpc) is 2.88. The van der Waals surface area contributed by atoms with Gasteiger partial charge >= 0.3 is 5.97 Å². The van der Waals surface area contributed by atoms with E-state index in [2.05, 4.69) is 29.0 Å². The van der Waals surface area contributed by atoms with E-state index in [1.807, 2.05) is 24.3 Å². The van der Waals surface area contributed by atoms with Crippen molar-refractivity contribution in [2.45, 2.75) is 44.8 Å². The van der Waals surface area contributed by atoms with Gasteiger partial charge in [0.25, 0.3) is 0 Å². The fourth-order valence-electron chi connectivity index (χ4n) is 4.83.